The van der Waals surface area contributed by atoms with Gasteiger partial charge in [-0.25, -0.2) is 4.79 Å². The third-order valence-electron chi connectivity index (χ3n) is 4.29. The summed E-state index contributed by atoms with van der Waals surface area (Å²) in [4.78, 5) is 12.1. The lowest BCUT2D eigenvalue weighted by atomic mass is 9.80. The van der Waals surface area contributed by atoms with Gasteiger partial charge in [0.2, 0.25) is 0 Å². The molecule has 0 aromatic heterocycles. The fourth-order valence-corrected chi connectivity index (χ4v) is 3.48. The fraction of sp³-hybridized carbons (Fsp3) is 0.438. The lowest BCUT2D eigenvalue weighted by Crippen LogP contribution is -2.19. The van der Waals surface area contributed by atoms with Crippen LogP contribution in [0.2, 0.25) is 0 Å². The minimum atomic E-state index is -0.126. The summed E-state index contributed by atoms with van der Waals surface area (Å²) in [7, 11) is 1.49. The summed E-state index contributed by atoms with van der Waals surface area (Å²) < 4.78 is 5.00. The molecule has 0 heterocycles. The number of carbonyl (C=O) groups excluding carboxylic acids is 1. The average molecular weight is 242 g/mol. The van der Waals surface area contributed by atoms with Gasteiger partial charge in [0.15, 0.2) is 0 Å². The second-order valence-electron chi connectivity index (χ2n) is 5.33. The number of fused-ring (bicyclic) bond motifs is 2. The average Bonchev–Trinajstić information content (AvgIpc) is 2.80. The van der Waals surface area contributed by atoms with E-state index in [-0.39, 0.29) is 5.97 Å². The van der Waals surface area contributed by atoms with Gasteiger partial charge in [0.05, 0.1) is 7.11 Å². The first-order valence-corrected chi connectivity index (χ1v) is 6.66. The van der Waals surface area contributed by atoms with Crippen molar-refractivity contribution in [1.82, 2.24) is 0 Å². The Morgan fingerprint density at radius 3 is 2.72 bits per heavy atom. The summed E-state index contributed by atoms with van der Waals surface area (Å²) in [5.74, 6) is 1.06. The Morgan fingerprint density at radius 2 is 2.00 bits per heavy atom. The van der Waals surface area contributed by atoms with Crippen LogP contribution in [-0.2, 0) is 9.53 Å². The van der Waals surface area contributed by atoms with E-state index >= 15 is 0 Å². The Kier molecular flexibility index (Phi) is 2.94. The van der Waals surface area contributed by atoms with Crippen molar-refractivity contribution in [3.05, 3.63) is 41.5 Å². The van der Waals surface area contributed by atoms with Gasteiger partial charge in [-0.15, -0.1) is 0 Å². The molecule has 0 spiro atoms. The van der Waals surface area contributed by atoms with Crippen LogP contribution in [0.25, 0.3) is 5.57 Å². The van der Waals surface area contributed by atoms with Crippen molar-refractivity contribution in [3.8, 4) is 0 Å². The topological polar surface area (TPSA) is 26.3 Å². The molecule has 2 heteroatoms. The summed E-state index contributed by atoms with van der Waals surface area (Å²) in [5, 5.41) is 0. The minimum absolute atomic E-state index is 0.126. The van der Waals surface area contributed by atoms with E-state index in [4.69, 9.17) is 4.74 Å². The summed E-state index contributed by atoms with van der Waals surface area (Å²) in [6, 6.07) is 10.3. The number of hydrogen-bond donors (Lipinski definition) is 0. The van der Waals surface area contributed by atoms with Crippen LogP contribution in [0.1, 0.15) is 31.2 Å². The molecule has 1 fully saturated rings. The number of carbonyl (C=O) groups is 1. The highest BCUT2D eigenvalue weighted by Crippen LogP contribution is 2.48. The number of rotatable bonds is 2. The van der Waals surface area contributed by atoms with Crippen molar-refractivity contribution >= 4 is 11.5 Å². The number of allylic oxidation sites excluding steroid dienone is 1. The second-order valence-corrected chi connectivity index (χ2v) is 5.33. The molecule has 2 aliphatic carbocycles. The first-order chi connectivity index (χ1) is 8.79. The zero-order chi connectivity index (χ0) is 12.5. The van der Waals surface area contributed by atoms with Crippen LogP contribution in [0.5, 0.6) is 0 Å². The number of methoxy groups -OCH3 is 1. The molecule has 0 unspecified atom stereocenters. The lowest BCUT2D eigenvalue weighted by Gasteiger charge is -2.25. The van der Waals surface area contributed by atoms with Crippen molar-refractivity contribution in [2.45, 2.75) is 25.7 Å². The van der Waals surface area contributed by atoms with Crippen molar-refractivity contribution in [3.63, 3.8) is 0 Å². The van der Waals surface area contributed by atoms with Gasteiger partial charge in [0.1, 0.15) is 0 Å². The maximum Gasteiger partial charge on any atom is 0.334 e. The molecule has 18 heavy (non-hydrogen) atoms. The van der Waals surface area contributed by atoms with Crippen LogP contribution < -0.4 is 0 Å². The largest absolute Gasteiger partial charge is 0.466 e. The van der Waals surface area contributed by atoms with Crippen LogP contribution in [-0.4, -0.2) is 13.1 Å². The van der Waals surface area contributed by atoms with Crippen LogP contribution in [0.3, 0.4) is 0 Å². The normalized spacial score (nSPS) is 26.3. The summed E-state index contributed by atoms with van der Waals surface area (Å²) >= 11 is 0. The summed E-state index contributed by atoms with van der Waals surface area (Å²) in [5.41, 5.74) is 3.35. The molecule has 3 rings (SSSR count). The van der Waals surface area contributed by atoms with Gasteiger partial charge in [-0.3, -0.25) is 0 Å². The van der Waals surface area contributed by atoms with Gasteiger partial charge in [-0.05, 0) is 48.7 Å². The zero-order valence-corrected chi connectivity index (χ0v) is 10.7. The molecular formula is C16H18O2. The molecule has 0 N–H and O–H groups in total. The fourth-order valence-electron chi connectivity index (χ4n) is 3.48. The molecule has 2 aliphatic rings. The van der Waals surface area contributed by atoms with Crippen LogP contribution >= 0.6 is 0 Å². The molecule has 0 saturated heterocycles. The molecule has 94 valence electrons. The van der Waals surface area contributed by atoms with E-state index in [1.54, 1.807) is 0 Å². The van der Waals surface area contributed by atoms with Gasteiger partial charge in [-0.1, -0.05) is 30.3 Å². The maximum atomic E-state index is 12.1. The molecule has 2 bridgehead atoms. The molecule has 2 atom stereocenters. The van der Waals surface area contributed by atoms with E-state index in [2.05, 4.69) is 12.1 Å². The molecule has 0 radical (unpaired) electrons. The monoisotopic (exact) mass is 242 g/mol. The molecule has 1 aromatic rings. The molecule has 2 nitrogen and oxygen atoms in total. The highest BCUT2D eigenvalue weighted by molar-refractivity contribution is 5.98. The van der Waals surface area contributed by atoms with E-state index in [9.17, 15) is 4.79 Å². The predicted molar refractivity (Wildman–Crippen MR) is 70.8 cm³/mol. The first kappa shape index (κ1) is 11.5. The van der Waals surface area contributed by atoms with Crippen LogP contribution in [0, 0.1) is 11.8 Å². The zero-order valence-electron chi connectivity index (χ0n) is 10.7. The van der Waals surface area contributed by atoms with Crippen molar-refractivity contribution in [2.75, 3.05) is 7.11 Å². The minimum Gasteiger partial charge on any atom is -0.466 e. The first-order valence-electron chi connectivity index (χ1n) is 6.66. The van der Waals surface area contributed by atoms with Gasteiger partial charge in [0.25, 0.3) is 0 Å². The van der Waals surface area contributed by atoms with E-state index in [1.165, 1.54) is 31.1 Å². The van der Waals surface area contributed by atoms with Crippen molar-refractivity contribution in [1.29, 1.82) is 0 Å². The Labute approximate surface area is 108 Å². The third kappa shape index (κ3) is 1.86. The Balaban J connectivity index is 2.09. The van der Waals surface area contributed by atoms with E-state index in [1.807, 2.05) is 18.2 Å². The highest BCUT2D eigenvalue weighted by atomic mass is 16.5. The number of benzene rings is 1. The SMILES string of the molecule is COC(=O)C1=C(c2ccccc2)C[C@@H]2CC[C@H]1C2. The van der Waals surface area contributed by atoms with Gasteiger partial charge in [-0.2, -0.15) is 0 Å². The van der Waals surface area contributed by atoms with E-state index in [0.29, 0.717) is 5.92 Å². The van der Waals surface area contributed by atoms with Crippen molar-refractivity contribution in [2.24, 2.45) is 11.8 Å². The Hall–Kier alpha value is -1.57. The summed E-state index contributed by atoms with van der Waals surface area (Å²) in [6.07, 6.45) is 4.60. The Bertz CT molecular complexity index is 487. The second kappa shape index (κ2) is 4.60. The Morgan fingerprint density at radius 1 is 1.22 bits per heavy atom. The summed E-state index contributed by atoms with van der Waals surface area (Å²) in [6.45, 7) is 0. The number of hydrogen-bond acceptors (Lipinski definition) is 2. The molecule has 1 saturated carbocycles. The van der Waals surface area contributed by atoms with E-state index < -0.39 is 0 Å². The number of ether oxygens (including phenoxy) is 1. The maximum absolute atomic E-state index is 12.1. The van der Waals surface area contributed by atoms with Gasteiger partial charge >= 0.3 is 5.97 Å². The molecule has 0 aliphatic heterocycles. The van der Waals surface area contributed by atoms with Crippen LogP contribution in [0.15, 0.2) is 35.9 Å². The number of esters is 1. The smallest absolute Gasteiger partial charge is 0.334 e. The third-order valence-corrected chi connectivity index (χ3v) is 4.29. The molecule has 0 amide bonds. The lowest BCUT2D eigenvalue weighted by molar-refractivity contribution is -0.136. The van der Waals surface area contributed by atoms with Gasteiger partial charge < -0.3 is 4.74 Å². The van der Waals surface area contributed by atoms with Gasteiger partial charge in [0, 0.05) is 5.57 Å². The van der Waals surface area contributed by atoms with Crippen LogP contribution in [0.4, 0.5) is 0 Å². The highest BCUT2D eigenvalue weighted by Gasteiger charge is 2.38. The standard InChI is InChI=1S/C16H18O2/c1-18-16(17)15-13-8-7-11(9-13)10-14(15)12-5-3-2-4-6-12/h2-6,11,13H,7-10H2,1H3/t11-,13+/m1/s1. The van der Waals surface area contributed by atoms with Crippen molar-refractivity contribution < 1.29 is 9.53 Å². The molecular weight excluding hydrogens is 224 g/mol. The predicted octanol–water partition coefficient (Wildman–Crippen LogP) is 3.43. The quantitative estimate of drug-likeness (QED) is 0.743. The van der Waals surface area contributed by atoms with E-state index in [0.717, 1.165) is 24.3 Å². The molecule has 1 aromatic carbocycles.